The number of hydrogen-bond donors (Lipinski definition) is 1. The van der Waals surface area contributed by atoms with Crippen molar-refractivity contribution in [1.82, 2.24) is 10.2 Å². The van der Waals surface area contributed by atoms with Crippen molar-refractivity contribution in [2.75, 3.05) is 26.2 Å². The highest BCUT2D eigenvalue weighted by molar-refractivity contribution is 9.10. The van der Waals surface area contributed by atoms with Gasteiger partial charge in [-0.1, -0.05) is 0 Å². The van der Waals surface area contributed by atoms with E-state index in [-0.39, 0.29) is 11.7 Å². The first kappa shape index (κ1) is 16.7. The van der Waals surface area contributed by atoms with E-state index in [0.717, 1.165) is 39.0 Å². The van der Waals surface area contributed by atoms with Gasteiger partial charge in [0.1, 0.15) is 11.6 Å². The number of nitrogens with one attached hydrogen (secondary N) is 1. The van der Waals surface area contributed by atoms with Gasteiger partial charge in [-0.25, -0.2) is 4.39 Å². The molecule has 1 aromatic carbocycles. The SMILES string of the molecule is CC(Oc1ccc(F)cc1Br)C(=O)N1CC[C@@H]2CNC[C@@H]2CC1. The van der Waals surface area contributed by atoms with E-state index in [1.807, 2.05) is 4.90 Å². The van der Waals surface area contributed by atoms with Crippen LogP contribution >= 0.6 is 15.9 Å². The number of fused-ring (bicyclic) bond motifs is 1. The summed E-state index contributed by atoms with van der Waals surface area (Å²) >= 11 is 3.27. The van der Waals surface area contributed by atoms with Gasteiger partial charge in [0, 0.05) is 13.1 Å². The molecule has 4 nitrogen and oxygen atoms in total. The van der Waals surface area contributed by atoms with E-state index >= 15 is 0 Å². The molecule has 0 radical (unpaired) electrons. The number of carbonyl (C=O) groups excluding carboxylic acids is 1. The molecule has 23 heavy (non-hydrogen) atoms. The second-order valence-electron chi connectivity index (χ2n) is 6.42. The average Bonchev–Trinajstić information content (AvgIpc) is 2.88. The molecule has 1 amide bonds. The Morgan fingerprint density at radius 2 is 2.00 bits per heavy atom. The summed E-state index contributed by atoms with van der Waals surface area (Å²) in [4.78, 5) is 14.6. The summed E-state index contributed by atoms with van der Waals surface area (Å²) in [6.45, 7) is 5.48. The predicted molar refractivity (Wildman–Crippen MR) is 89.9 cm³/mol. The third-order valence-electron chi connectivity index (χ3n) is 4.88. The van der Waals surface area contributed by atoms with Gasteiger partial charge >= 0.3 is 0 Å². The van der Waals surface area contributed by atoms with Crippen LogP contribution in [0.1, 0.15) is 19.8 Å². The number of nitrogens with zero attached hydrogens (tertiary/aromatic N) is 1. The Morgan fingerprint density at radius 3 is 2.61 bits per heavy atom. The van der Waals surface area contributed by atoms with Crippen molar-refractivity contribution < 1.29 is 13.9 Å². The summed E-state index contributed by atoms with van der Waals surface area (Å²) in [5.41, 5.74) is 0. The molecule has 3 rings (SSSR count). The van der Waals surface area contributed by atoms with E-state index in [1.54, 1.807) is 13.0 Å². The Morgan fingerprint density at radius 1 is 1.35 bits per heavy atom. The Labute approximate surface area is 144 Å². The molecule has 1 aromatic rings. The van der Waals surface area contributed by atoms with Crippen LogP contribution in [-0.4, -0.2) is 43.1 Å². The summed E-state index contributed by atoms with van der Waals surface area (Å²) < 4.78 is 19.4. The minimum absolute atomic E-state index is 0.00848. The summed E-state index contributed by atoms with van der Waals surface area (Å²) in [6.07, 6.45) is 1.53. The first-order chi connectivity index (χ1) is 11.0. The van der Waals surface area contributed by atoms with Crippen molar-refractivity contribution in [2.24, 2.45) is 11.8 Å². The molecule has 0 spiro atoms. The van der Waals surface area contributed by atoms with E-state index in [2.05, 4.69) is 21.2 Å². The molecule has 0 aliphatic carbocycles. The van der Waals surface area contributed by atoms with Gasteiger partial charge in [0.05, 0.1) is 4.47 Å². The van der Waals surface area contributed by atoms with E-state index in [0.29, 0.717) is 22.1 Å². The summed E-state index contributed by atoms with van der Waals surface area (Å²) in [5, 5.41) is 3.44. The average molecular weight is 385 g/mol. The van der Waals surface area contributed by atoms with Crippen LogP contribution in [-0.2, 0) is 4.79 Å². The Balaban J connectivity index is 1.60. The van der Waals surface area contributed by atoms with Gasteiger partial charge in [-0.05, 0) is 78.8 Å². The first-order valence-electron chi connectivity index (χ1n) is 8.16. The fraction of sp³-hybridized carbons (Fsp3) is 0.588. The van der Waals surface area contributed by atoms with E-state index in [4.69, 9.17) is 4.74 Å². The van der Waals surface area contributed by atoms with Crippen LogP contribution in [0.3, 0.4) is 0 Å². The largest absolute Gasteiger partial charge is 0.480 e. The van der Waals surface area contributed by atoms with Crippen LogP contribution in [0, 0.1) is 17.7 Å². The Kier molecular flexibility index (Phi) is 5.21. The normalized spacial score (nSPS) is 25.6. The van der Waals surface area contributed by atoms with Crippen LogP contribution < -0.4 is 10.1 Å². The van der Waals surface area contributed by atoms with Crippen LogP contribution in [0.2, 0.25) is 0 Å². The van der Waals surface area contributed by atoms with Gasteiger partial charge in [-0.3, -0.25) is 4.79 Å². The molecular weight excluding hydrogens is 363 g/mol. The number of amides is 1. The molecule has 2 aliphatic rings. The topological polar surface area (TPSA) is 41.6 Å². The van der Waals surface area contributed by atoms with Crippen molar-refractivity contribution in [1.29, 1.82) is 0 Å². The fourth-order valence-electron chi connectivity index (χ4n) is 3.51. The molecule has 1 N–H and O–H groups in total. The maximum Gasteiger partial charge on any atom is 0.263 e. The lowest BCUT2D eigenvalue weighted by atomic mass is 9.92. The first-order valence-corrected chi connectivity index (χ1v) is 8.95. The molecule has 2 fully saturated rings. The zero-order chi connectivity index (χ0) is 16.4. The second-order valence-corrected chi connectivity index (χ2v) is 7.27. The molecule has 126 valence electrons. The third-order valence-corrected chi connectivity index (χ3v) is 5.50. The van der Waals surface area contributed by atoms with Crippen LogP contribution in [0.4, 0.5) is 4.39 Å². The summed E-state index contributed by atoms with van der Waals surface area (Å²) in [6, 6.07) is 4.21. The lowest BCUT2D eigenvalue weighted by Gasteiger charge is -2.25. The van der Waals surface area contributed by atoms with Crippen molar-refractivity contribution in [3.05, 3.63) is 28.5 Å². The van der Waals surface area contributed by atoms with Gasteiger partial charge in [-0.2, -0.15) is 0 Å². The van der Waals surface area contributed by atoms with Gasteiger partial charge in [0.2, 0.25) is 0 Å². The Bertz CT molecular complexity index is 570. The molecule has 2 saturated heterocycles. The third kappa shape index (κ3) is 3.86. The van der Waals surface area contributed by atoms with Crippen molar-refractivity contribution in [3.63, 3.8) is 0 Å². The summed E-state index contributed by atoms with van der Waals surface area (Å²) in [7, 11) is 0. The van der Waals surface area contributed by atoms with Gasteiger partial charge in [0.25, 0.3) is 5.91 Å². The van der Waals surface area contributed by atoms with Crippen LogP contribution in [0.5, 0.6) is 5.75 Å². The molecule has 1 unspecified atom stereocenters. The standard InChI is InChI=1S/C17H22BrFN2O2/c1-11(23-16-3-2-14(19)8-15(16)18)17(22)21-6-4-12-9-20-10-13(12)5-7-21/h2-3,8,11-13,20H,4-7,9-10H2,1H3/t11?,12-,13+. The zero-order valence-corrected chi connectivity index (χ0v) is 14.8. The number of ether oxygens (including phenoxy) is 1. The van der Waals surface area contributed by atoms with E-state index in [9.17, 15) is 9.18 Å². The summed E-state index contributed by atoms with van der Waals surface area (Å²) in [5.74, 6) is 1.54. The molecular formula is C17H22BrFN2O2. The molecule has 6 heteroatoms. The molecule has 2 heterocycles. The van der Waals surface area contributed by atoms with Crippen LogP contribution in [0.25, 0.3) is 0 Å². The molecule has 3 atom stereocenters. The lowest BCUT2D eigenvalue weighted by molar-refractivity contribution is -0.138. The maximum absolute atomic E-state index is 13.1. The van der Waals surface area contributed by atoms with Gasteiger partial charge in [-0.15, -0.1) is 0 Å². The van der Waals surface area contributed by atoms with E-state index < -0.39 is 6.10 Å². The van der Waals surface area contributed by atoms with Gasteiger partial charge < -0.3 is 15.0 Å². The van der Waals surface area contributed by atoms with Gasteiger partial charge in [0.15, 0.2) is 6.10 Å². The number of benzene rings is 1. The quantitative estimate of drug-likeness (QED) is 0.870. The minimum atomic E-state index is -0.576. The van der Waals surface area contributed by atoms with Crippen molar-refractivity contribution in [3.8, 4) is 5.75 Å². The second kappa shape index (κ2) is 7.18. The molecule has 0 aromatic heterocycles. The number of hydrogen-bond acceptors (Lipinski definition) is 3. The highest BCUT2D eigenvalue weighted by Crippen LogP contribution is 2.29. The Hall–Kier alpha value is -1.14. The number of likely N-dealkylation sites (tertiary alicyclic amines) is 1. The predicted octanol–water partition coefficient (Wildman–Crippen LogP) is 2.81. The number of halogens is 2. The number of carbonyl (C=O) groups is 1. The van der Waals surface area contributed by atoms with E-state index in [1.165, 1.54) is 12.1 Å². The maximum atomic E-state index is 13.1. The highest BCUT2D eigenvalue weighted by atomic mass is 79.9. The van der Waals surface area contributed by atoms with Crippen LogP contribution in [0.15, 0.2) is 22.7 Å². The van der Waals surface area contributed by atoms with Crippen molar-refractivity contribution >= 4 is 21.8 Å². The molecule has 2 aliphatic heterocycles. The highest BCUT2D eigenvalue weighted by Gasteiger charge is 2.33. The van der Waals surface area contributed by atoms with Crippen molar-refractivity contribution in [2.45, 2.75) is 25.9 Å². The number of rotatable bonds is 3. The minimum Gasteiger partial charge on any atom is -0.480 e. The monoisotopic (exact) mass is 384 g/mol. The molecule has 0 bridgehead atoms. The smallest absolute Gasteiger partial charge is 0.263 e. The fourth-order valence-corrected chi connectivity index (χ4v) is 3.95. The lowest BCUT2D eigenvalue weighted by Crippen LogP contribution is -2.41. The molecule has 0 saturated carbocycles. The zero-order valence-electron chi connectivity index (χ0n) is 13.2.